The Balaban J connectivity index is 1.46. The van der Waals surface area contributed by atoms with Gasteiger partial charge in [0.25, 0.3) is 15.9 Å². The number of rotatable bonds is 7. The minimum atomic E-state index is -3.98. The summed E-state index contributed by atoms with van der Waals surface area (Å²) in [4.78, 5) is 16.5. The van der Waals surface area contributed by atoms with Crippen molar-refractivity contribution in [2.45, 2.75) is 17.8 Å². The standard InChI is InChI=1S/C20H18N6O4S2/c1-13-8-6-7-11-15(13)17-21-16(30-25-17)12-26(2)32(28,29)20-24-23-19(31-20)22-18(27)14-9-4-3-5-10-14/h3-11H,12H2,1-2H3,(H,22,23,27). The zero-order valence-electron chi connectivity index (χ0n) is 17.1. The van der Waals surface area contributed by atoms with Crippen molar-refractivity contribution in [2.24, 2.45) is 0 Å². The van der Waals surface area contributed by atoms with E-state index in [4.69, 9.17) is 4.52 Å². The van der Waals surface area contributed by atoms with Crippen LogP contribution in [0.25, 0.3) is 11.4 Å². The third-order valence-electron chi connectivity index (χ3n) is 4.51. The molecule has 0 bridgehead atoms. The number of aryl methyl sites for hydroxylation is 1. The van der Waals surface area contributed by atoms with Gasteiger partial charge in [-0.15, -0.1) is 10.2 Å². The largest absolute Gasteiger partial charge is 0.338 e. The van der Waals surface area contributed by atoms with Crippen LogP contribution in [-0.4, -0.2) is 46.0 Å². The van der Waals surface area contributed by atoms with Crippen LogP contribution in [0.2, 0.25) is 0 Å². The van der Waals surface area contributed by atoms with Crippen molar-refractivity contribution in [3.05, 3.63) is 71.6 Å². The van der Waals surface area contributed by atoms with E-state index in [1.807, 2.05) is 31.2 Å². The van der Waals surface area contributed by atoms with Crippen LogP contribution in [0.3, 0.4) is 0 Å². The van der Waals surface area contributed by atoms with Gasteiger partial charge in [0, 0.05) is 18.2 Å². The molecule has 0 aliphatic heterocycles. The van der Waals surface area contributed by atoms with Crippen LogP contribution in [0, 0.1) is 6.92 Å². The normalized spacial score (nSPS) is 11.6. The first-order valence-corrected chi connectivity index (χ1v) is 11.6. The predicted molar refractivity (Wildman–Crippen MR) is 117 cm³/mol. The predicted octanol–water partition coefficient (Wildman–Crippen LogP) is 2.97. The third kappa shape index (κ3) is 4.56. The first kappa shape index (κ1) is 21.7. The van der Waals surface area contributed by atoms with E-state index in [2.05, 4.69) is 25.7 Å². The molecular weight excluding hydrogens is 452 g/mol. The molecule has 1 amide bonds. The molecule has 2 heterocycles. The number of hydrogen-bond donors (Lipinski definition) is 1. The average Bonchev–Trinajstić information content (AvgIpc) is 3.45. The highest BCUT2D eigenvalue weighted by atomic mass is 32.2. The first-order chi connectivity index (χ1) is 15.3. The zero-order chi connectivity index (χ0) is 22.7. The topological polar surface area (TPSA) is 131 Å². The summed E-state index contributed by atoms with van der Waals surface area (Å²) in [5.41, 5.74) is 2.20. The highest BCUT2D eigenvalue weighted by Crippen LogP contribution is 2.25. The van der Waals surface area contributed by atoms with Gasteiger partial charge in [0.15, 0.2) is 0 Å². The molecule has 164 valence electrons. The van der Waals surface area contributed by atoms with E-state index in [0.29, 0.717) is 11.4 Å². The second-order valence-corrected chi connectivity index (χ2v) is 9.98. The Morgan fingerprint density at radius 1 is 1.09 bits per heavy atom. The lowest BCUT2D eigenvalue weighted by atomic mass is 10.1. The van der Waals surface area contributed by atoms with Gasteiger partial charge in [-0.25, -0.2) is 8.42 Å². The monoisotopic (exact) mass is 470 g/mol. The van der Waals surface area contributed by atoms with Crippen molar-refractivity contribution in [2.75, 3.05) is 12.4 Å². The summed E-state index contributed by atoms with van der Waals surface area (Å²) in [6.07, 6.45) is 0. The summed E-state index contributed by atoms with van der Waals surface area (Å²) in [6.45, 7) is 1.78. The Hall–Kier alpha value is -3.48. The number of sulfonamides is 1. The highest BCUT2D eigenvalue weighted by Gasteiger charge is 2.28. The van der Waals surface area contributed by atoms with Gasteiger partial charge in [-0.05, 0) is 24.6 Å². The zero-order valence-corrected chi connectivity index (χ0v) is 18.7. The molecule has 0 saturated heterocycles. The van der Waals surface area contributed by atoms with Crippen LogP contribution in [0.1, 0.15) is 21.8 Å². The van der Waals surface area contributed by atoms with Gasteiger partial charge in [-0.2, -0.15) is 9.29 Å². The van der Waals surface area contributed by atoms with Crippen molar-refractivity contribution < 1.29 is 17.7 Å². The Morgan fingerprint density at radius 2 is 1.81 bits per heavy atom. The van der Waals surface area contributed by atoms with E-state index >= 15 is 0 Å². The lowest BCUT2D eigenvalue weighted by Gasteiger charge is -2.11. The number of nitrogens with zero attached hydrogens (tertiary/aromatic N) is 5. The summed E-state index contributed by atoms with van der Waals surface area (Å²) in [6, 6.07) is 16.0. The third-order valence-corrected chi connectivity index (χ3v) is 7.49. The second kappa shape index (κ2) is 8.94. The maximum Gasteiger partial charge on any atom is 0.272 e. The van der Waals surface area contributed by atoms with E-state index in [9.17, 15) is 13.2 Å². The van der Waals surface area contributed by atoms with E-state index in [1.165, 1.54) is 7.05 Å². The number of nitrogens with one attached hydrogen (secondary N) is 1. The number of anilines is 1. The Labute approximate surface area is 188 Å². The summed E-state index contributed by atoms with van der Waals surface area (Å²) in [5.74, 6) is 0.107. The van der Waals surface area contributed by atoms with Crippen molar-refractivity contribution in [1.29, 1.82) is 0 Å². The lowest BCUT2D eigenvalue weighted by molar-refractivity contribution is 0.102. The van der Waals surface area contributed by atoms with E-state index in [1.54, 1.807) is 30.3 Å². The number of carbonyl (C=O) groups is 1. The van der Waals surface area contributed by atoms with Crippen LogP contribution in [0.15, 0.2) is 63.5 Å². The van der Waals surface area contributed by atoms with Crippen LogP contribution >= 0.6 is 11.3 Å². The SMILES string of the molecule is Cc1ccccc1-c1noc(CN(C)S(=O)(=O)c2nnc(NC(=O)c3ccccc3)s2)n1. The van der Waals surface area contributed by atoms with Gasteiger partial charge in [0.1, 0.15) is 0 Å². The molecule has 0 radical (unpaired) electrons. The van der Waals surface area contributed by atoms with Gasteiger partial charge in [0.2, 0.25) is 21.2 Å². The summed E-state index contributed by atoms with van der Waals surface area (Å²) in [5, 5.41) is 14.1. The minimum Gasteiger partial charge on any atom is -0.338 e. The maximum absolute atomic E-state index is 12.9. The number of amides is 1. The van der Waals surface area contributed by atoms with Gasteiger partial charge < -0.3 is 4.52 Å². The van der Waals surface area contributed by atoms with Gasteiger partial charge in [-0.1, -0.05) is 59.0 Å². The number of aromatic nitrogens is 4. The van der Waals surface area contributed by atoms with E-state index in [0.717, 1.165) is 26.8 Å². The Kier molecular flexibility index (Phi) is 6.08. The fourth-order valence-electron chi connectivity index (χ4n) is 2.78. The first-order valence-electron chi connectivity index (χ1n) is 9.39. The molecule has 0 aliphatic rings. The average molecular weight is 471 g/mol. The van der Waals surface area contributed by atoms with Gasteiger partial charge in [-0.3, -0.25) is 10.1 Å². The molecule has 0 atom stereocenters. The fourth-order valence-corrected chi connectivity index (χ4v) is 4.99. The van der Waals surface area contributed by atoms with Gasteiger partial charge >= 0.3 is 0 Å². The van der Waals surface area contributed by atoms with Crippen LogP contribution < -0.4 is 5.32 Å². The molecule has 0 spiro atoms. The summed E-state index contributed by atoms with van der Waals surface area (Å²) >= 11 is 0.755. The van der Waals surface area contributed by atoms with E-state index < -0.39 is 15.9 Å². The lowest BCUT2D eigenvalue weighted by Crippen LogP contribution is -2.26. The molecule has 1 N–H and O–H groups in total. The van der Waals surface area contributed by atoms with Crippen molar-refractivity contribution in [3.63, 3.8) is 0 Å². The number of hydrogen-bond acceptors (Lipinski definition) is 9. The Bertz CT molecular complexity index is 1350. The molecule has 0 saturated carbocycles. The molecule has 4 rings (SSSR count). The summed E-state index contributed by atoms with van der Waals surface area (Å²) in [7, 11) is -2.61. The molecule has 4 aromatic rings. The quantitative estimate of drug-likeness (QED) is 0.408. The smallest absolute Gasteiger partial charge is 0.272 e. The molecular formula is C20H18N6O4S2. The highest BCUT2D eigenvalue weighted by molar-refractivity contribution is 7.91. The fraction of sp³-hybridized carbons (Fsp3) is 0.150. The number of benzene rings is 2. The molecule has 0 aliphatic carbocycles. The molecule has 0 unspecified atom stereocenters. The van der Waals surface area contributed by atoms with Crippen molar-refractivity contribution in [1.82, 2.24) is 24.6 Å². The van der Waals surface area contributed by atoms with E-state index in [-0.39, 0.29) is 21.9 Å². The van der Waals surface area contributed by atoms with Gasteiger partial charge in [0.05, 0.1) is 6.54 Å². The Morgan fingerprint density at radius 3 is 2.56 bits per heavy atom. The second-order valence-electron chi connectivity index (χ2n) is 6.78. The molecule has 10 nitrogen and oxygen atoms in total. The molecule has 32 heavy (non-hydrogen) atoms. The van der Waals surface area contributed by atoms with Crippen molar-refractivity contribution in [3.8, 4) is 11.4 Å². The van der Waals surface area contributed by atoms with Crippen LogP contribution in [-0.2, 0) is 16.6 Å². The molecule has 12 heteroatoms. The molecule has 2 aromatic heterocycles. The number of carbonyl (C=O) groups excluding carboxylic acids is 1. The minimum absolute atomic E-state index is 0.0745. The van der Waals surface area contributed by atoms with Crippen LogP contribution in [0.5, 0.6) is 0 Å². The summed E-state index contributed by atoms with van der Waals surface area (Å²) < 4.78 is 31.7. The molecule has 2 aromatic carbocycles. The van der Waals surface area contributed by atoms with Crippen LogP contribution in [0.4, 0.5) is 5.13 Å². The van der Waals surface area contributed by atoms with Crippen molar-refractivity contribution >= 4 is 32.4 Å². The molecule has 0 fully saturated rings. The maximum atomic E-state index is 12.9.